The molecule has 0 saturated carbocycles. The summed E-state index contributed by atoms with van der Waals surface area (Å²) in [5, 5.41) is 8.60. The average Bonchev–Trinajstić information content (AvgIpc) is 3.15. The van der Waals surface area contributed by atoms with Gasteiger partial charge in [-0.15, -0.1) is 5.10 Å². The molecule has 1 N–H and O–H groups in total. The van der Waals surface area contributed by atoms with E-state index in [1.807, 2.05) is 55.5 Å². The Bertz CT molecular complexity index is 1030. The molecule has 2 aromatic carbocycles. The molecular formula is C22H22N4O2S. The van der Waals surface area contributed by atoms with E-state index in [-0.39, 0.29) is 12.0 Å². The van der Waals surface area contributed by atoms with Crippen LogP contribution in [-0.4, -0.2) is 27.3 Å². The third kappa shape index (κ3) is 4.05. The topological polar surface area (TPSA) is 69.0 Å². The molecule has 4 rings (SSSR count). The number of carbonyl (C=O) groups excluding carboxylic acids is 1. The first kappa shape index (κ1) is 19.3. The number of nitrogens with zero attached hydrogens (tertiary/aromatic N) is 3. The van der Waals surface area contributed by atoms with Crippen molar-refractivity contribution < 1.29 is 9.53 Å². The van der Waals surface area contributed by atoms with Crippen LogP contribution >= 0.6 is 11.8 Å². The molecular weight excluding hydrogens is 384 g/mol. The zero-order valence-corrected chi connectivity index (χ0v) is 17.1. The number of hydrogen-bond donors (Lipinski definition) is 1. The van der Waals surface area contributed by atoms with Crippen molar-refractivity contribution in [1.82, 2.24) is 14.8 Å². The minimum absolute atomic E-state index is 0.319. The van der Waals surface area contributed by atoms with Gasteiger partial charge in [-0.3, -0.25) is 0 Å². The number of aromatic nitrogens is 3. The number of thioether (sulfide) groups is 1. The van der Waals surface area contributed by atoms with Crippen LogP contribution in [-0.2, 0) is 15.3 Å². The average molecular weight is 407 g/mol. The summed E-state index contributed by atoms with van der Waals surface area (Å²) in [6.45, 7) is 4.00. The monoisotopic (exact) mass is 406 g/mol. The van der Waals surface area contributed by atoms with E-state index in [0.717, 1.165) is 17.0 Å². The summed E-state index contributed by atoms with van der Waals surface area (Å²) in [4.78, 5) is 17.4. The number of allylic oxidation sites excluding steroid dienone is 1. The molecule has 29 heavy (non-hydrogen) atoms. The Morgan fingerprint density at radius 3 is 2.52 bits per heavy atom. The van der Waals surface area contributed by atoms with Gasteiger partial charge in [-0.25, -0.2) is 9.48 Å². The lowest BCUT2D eigenvalue weighted by atomic mass is 9.96. The van der Waals surface area contributed by atoms with Gasteiger partial charge in [-0.2, -0.15) is 4.98 Å². The van der Waals surface area contributed by atoms with Gasteiger partial charge in [0.2, 0.25) is 11.1 Å². The first-order valence-electron chi connectivity index (χ1n) is 9.50. The quantitative estimate of drug-likeness (QED) is 0.483. The highest BCUT2D eigenvalue weighted by molar-refractivity contribution is 7.98. The molecule has 0 bridgehead atoms. The molecule has 7 heteroatoms. The third-order valence-corrected chi connectivity index (χ3v) is 5.56. The Labute approximate surface area is 174 Å². The molecule has 3 aromatic rings. The highest BCUT2D eigenvalue weighted by Gasteiger charge is 2.35. The molecule has 6 nitrogen and oxygen atoms in total. The largest absolute Gasteiger partial charge is 0.463 e. The van der Waals surface area contributed by atoms with E-state index < -0.39 is 0 Å². The summed E-state index contributed by atoms with van der Waals surface area (Å²) >= 11 is 1.57. The molecule has 0 fully saturated rings. The van der Waals surface area contributed by atoms with Crippen LogP contribution in [0.15, 0.2) is 77.1 Å². The minimum atomic E-state index is -0.384. The summed E-state index contributed by atoms with van der Waals surface area (Å²) in [6.07, 6.45) is 0. The first-order valence-corrected chi connectivity index (χ1v) is 10.5. The van der Waals surface area contributed by atoms with Gasteiger partial charge >= 0.3 is 5.97 Å². The van der Waals surface area contributed by atoms with E-state index in [1.165, 1.54) is 5.56 Å². The van der Waals surface area contributed by atoms with E-state index in [1.54, 1.807) is 23.4 Å². The number of anilines is 1. The van der Waals surface area contributed by atoms with Gasteiger partial charge in [0, 0.05) is 11.4 Å². The lowest BCUT2D eigenvalue weighted by Crippen LogP contribution is -2.29. The van der Waals surface area contributed by atoms with Crippen molar-refractivity contribution in [2.75, 3.05) is 11.9 Å². The number of fused-ring (bicyclic) bond motifs is 1. The maximum absolute atomic E-state index is 12.7. The SMILES string of the molecule is CCOC(=O)C1=C(C)Nc2nc(SCc3ccccc3)nn2[C@@H]1c1ccccc1. The second-order valence-electron chi connectivity index (χ2n) is 6.63. The maximum atomic E-state index is 12.7. The number of hydrogen-bond acceptors (Lipinski definition) is 6. The number of benzene rings is 2. The van der Waals surface area contributed by atoms with Crippen molar-refractivity contribution in [2.24, 2.45) is 0 Å². The van der Waals surface area contributed by atoms with Crippen molar-refractivity contribution in [3.8, 4) is 0 Å². The molecule has 1 aromatic heterocycles. The molecule has 0 unspecified atom stereocenters. The minimum Gasteiger partial charge on any atom is -0.463 e. The van der Waals surface area contributed by atoms with Gasteiger partial charge in [-0.1, -0.05) is 72.4 Å². The highest BCUT2D eigenvalue weighted by atomic mass is 32.2. The zero-order chi connectivity index (χ0) is 20.2. The van der Waals surface area contributed by atoms with Gasteiger partial charge in [0.15, 0.2) is 0 Å². The fourth-order valence-electron chi connectivity index (χ4n) is 3.33. The van der Waals surface area contributed by atoms with Crippen LogP contribution in [0.1, 0.15) is 31.0 Å². The van der Waals surface area contributed by atoms with Crippen LogP contribution in [0.5, 0.6) is 0 Å². The van der Waals surface area contributed by atoms with E-state index in [9.17, 15) is 4.79 Å². The molecule has 0 radical (unpaired) electrons. The Morgan fingerprint density at radius 1 is 1.14 bits per heavy atom. The van der Waals surface area contributed by atoms with E-state index in [0.29, 0.717) is 23.3 Å². The summed E-state index contributed by atoms with van der Waals surface area (Å²) in [6, 6.07) is 19.7. The summed E-state index contributed by atoms with van der Waals surface area (Å²) in [5.41, 5.74) is 3.45. The molecule has 0 saturated heterocycles. The lowest BCUT2D eigenvalue weighted by Gasteiger charge is -2.28. The van der Waals surface area contributed by atoms with Crippen molar-refractivity contribution in [2.45, 2.75) is 30.8 Å². The number of esters is 1. The van der Waals surface area contributed by atoms with Crippen LogP contribution in [0.2, 0.25) is 0 Å². The fourth-order valence-corrected chi connectivity index (χ4v) is 4.12. The summed E-state index contributed by atoms with van der Waals surface area (Å²) < 4.78 is 7.11. The first-order chi connectivity index (χ1) is 14.2. The number of ether oxygens (including phenoxy) is 1. The molecule has 0 amide bonds. The highest BCUT2D eigenvalue weighted by Crippen LogP contribution is 2.36. The lowest BCUT2D eigenvalue weighted by molar-refractivity contribution is -0.139. The Kier molecular flexibility index (Phi) is 5.67. The van der Waals surface area contributed by atoms with Crippen molar-refractivity contribution in [1.29, 1.82) is 0 Å². The van der Waals surface area contributed by atoms with Crippen molar-refractivity contribution in [3.05, 3.63) is 83.1 Å². The van der Waals surface area contributed by atoms with Crippen LogP contribution in [0.4, 0.5) is 5.95 Å². The van der Waals surface area contributed by atoms with Gasteiger partial charge in [0.1, 0.15) is 6.04 Å². The predicted molar refractivity (Wildman–Crippen MR) is 114 cm³/mol. The molecule has 0 aliphatic carbocycles. The van der Waals surface area contributed by atoms with Gasteiger partial charge in [0.05, 0.1) is 12.2 Å². The van der Waals surface area contributed by atoms with Crippen molar-refractivity contribution >= 4 is 23.7 Å². The Balaban J connectivity index is 1.68. The second kappa shape index (κ2) is 8.53. The normalized spacial score (nSPS) is 15.6. The molecule has 2 heterocycles. The standard InChI is InChI=1S/C22H22N4O2S/c1-3-28-20(27)18-15(2)23-21-24-22(29-14-16-10-6-4-7-11-16)25-26(21)19(18)17-12-8-5-9-13-17/h4-13,19H,3,14H2,1-2H3,(H,23,24,25)/t19-/m1/s1. The third-order valence-electron chi connectivity index (χ3n) is 4.65. The summed E-state index contributed by atoms with van der Waals surface area (Å²) in [5.74, 6) is 1.06. The van der Waals surface area contributed by atoms with Crippen LogP contribution < -0.4 is 5.32 Å². The molecule has 1 aliphatic heterocycles. The molecule has 1 atom stereocenters. The van der Waals surface area contributed by atoms with Gasteiger partial charge < -0.3 is 10.1 Å². The number of rotatable bonds is 6. The molecule has 148 valence electrons. The van der Waals surface area contributed by atoms with Crippen molar-refractivity contribution in [3.63, 3.8) is 0 Å². The molecule has 1 aliphatic rings. The Morgan fingerprint density at radius 2 is 1.83 bits per heavy atom. The van der Waals surface area contributed by atoms with Gasteiger partial charge in [-0.05, 0) is 25.0 Å². The number of nitrogens with one attached hydrogen (secondary N) is 1. The van der Waals surface area contributed by atoms with E-state index in [4.69, 9.17) is 9.84 Å². The fraction of sp³-hybridized carbons (Fsp3) is 0.227. The Hall–Kier alpha value is -3.06. The van der Waals surface area contributed by atoms with Crippen LogP contribution in [0.3, 0.4) is 0 Å². The van der Waals surface area contributed by atoms with E-state index in [2.05, 4.69) is 22.4 Å². The maximum Gasteiger partial charge on any atom is 0.338 e. The second-order valence-corrected chi connectivity index (χ2v) is 7.58. The predicted octanol–water partition coefficient (Wildman–Crippen LogP) is 4.42. The summed E-state index contributed by atoms with van der Waals surface area (Å²) in [7, 11) is 0. The van der Waals surface area contributed by atoms with Crippen LogP contribution in [0.25, 0.3) is 0 Å². The smallest absolute Gasteiger partial charge is 0.338 e. The molecule has 0 spiro atoms. The van der Waals surface area contributed by atoms with E-state index >= 15 is 0 Å². The number of carbonyl (C=O) groups is 1. The van der Waals surface area contributed by atoms with Gasteiger partial charge in [0.25, 0.3) is 0 Å². The zero-order valence-electron chi connectivity index (χ0n) is 16.3. The van der Waals surface area contributed by atoms with Crippen LogP contribution in [0, 0.1) is 0 Å².